The predicted octanol–water partition coefficient (Wildman–Crippen LogP) is 2.73. The van der Waals surface area contributed by atoms with E-state index in [-0.39, 0.29) is 24.3 Å². The molecule has 1 aromatic rings. The van der Waals surface area contributed by atoms with E-state index in [1.807, 2.05) is 6.92 Å². The first-order valence-electron chi connectivity index (χ1n) is 9.58. The van der Waals surface area contributed by atoms with Crippen molar-refractivity contribution in [1.29, 1.82) is 0 Å². The number of carbonyl (C=O) groups excluding carboxylic acids is 3. The maximum atomic E-state index is 13.1. The standard InChI is InChI=1S/C20H29ClN2O5/c1-6-23-14(4)17(12(2)18(23)20(26)27-5)16(24)11-22(19(25)13(3)21)10-15-8-7-9-28-15/h13,15H,6-11H2,1-5H3/t13-,15+/m1/s1. The molecule has 0 bridgehead atoms. The second kappa shape index (κ2) is 9.56. The fourth-order valence-corrected chi connectivity index (χ4v) is 3.97. The van der Waals surface area contributed by atoms with Gasteiger partial charge in [0, 0.05) is 31.0 Å². The third-order valence-electron chi connectivity index (χ3n) is 5.18. The number of aromatic nitrogens is 1. The Kier molecular flexibility index (Phi) is 7.66. The van der Waals surface area contributed by atoms with Crippen LogP contribution in [0.4, 0.5) is 0 Å². The van der Waals surface area contributed by atoms with Gasteiger partial charge in [-0.05, 0) is 46.1 Å². The maximum Gasteiger partial charge on any atom is 0.354 e. The van der Waals surface area contributed by atoms with Gasteiger partial charge in [0.15, 0.2) is 5.78 Å². The summed E-state index contributed by atoms with van der Waals surface area (Å²) in [6, 6.07) is 0. The molecule has 156 valence electrons. The minimum absolute atomic E-state index is 0.0831. The lowest BCUT2D eigenvalue weighted by Gasteiger charge is -2.26. The highest BCUT2D eigenvalue weighted by Crippen LogP contribution is 2.24. The van der Waals surface area contributed by atoms with E-state index in [1.54, 1.807) is 25.3 Å². The zero-order valence-electron chi connectivity index (χ0n) is 17.2. The summed E-state index contributed by atoms with van der Waals surface area (Å²) in [4.78, 5) is 39.4. The fourth-order valence-electron chi connectivity index (χ4n) is 3.83. The molecule has 0 unspecified atom stereocenters. The number of halogens is 1. The topological polar surface area (TPSA) is 77.8 Å². The van der Waals surface area contributed by atoms with Crippen LogP contribution < -0.4 is 0 Å². The minimum atomic E-state index is -0.734. The first kappa shape index (κ1) is 22.4. The monoisotopic (exact) mass is 412 g/mol. The van der Waals surface area contributed by atoms with Crippen molar-refractivity contribution in [3.05, 3.63) is 22.5 Å². The molecule has 0 radical (unpaired) electrons. The van der Waals surface area contributed by atoms with Gasteiger partial charge in [0.1, 0.15) is 11.1 Å². The Hall–Kier alpha value is -1.86. The zero-order valence-corrected chi connectivity index (χ0v) is 18.0. The molecule has 0 N–H and O–H groups in total. The summed E-state index contributed by atoms with van der Waals surface area (Å²) in [5.74, 6) is -1.01. The van der Waals surface area contributed by atoms with Crippen molar-refractivity contribution in [3.63, 3.8) is 0 Å². The van der Waals surface area contributed by atoms with Crippen molar-refractivity contribution >= 4 is 29.3 Å². The average molecular weight is 413 g/mol. The second-order valence-electron chi connectivity index (χ2n) is 7.06. The molecule has 2 heterocycles. The molecule has 1 saturated heterocycles. The Morgan fingerprint density at radius 2 is 2.04 bits per heavy atom. The second-order valence-corrected chi connectivity index (χ2v) is 7.72. The average Bonchev–Trinajstić information content (AvgIpc) is 3.25. The molecule has 0 spiro atoms. The largest absolute Gasteiger partial charge is 0.464 e. The Labute approximate surface area is 170 Å². The third kappa shape index (κ3) is 4.58. The van der Waals surface area contributed by atoms with Crippen LogP contribution >= 0.6 is 11.6 Å². The van der Waals surface area contributed by atoms with E-state index in [9.17, 15) is 14.4 Å². The highest BCUT2D eigenvalue weighted by Gasteiger charge is 2.30. The van der Waals surface area contributed by atoms with E-state index >= 15 is 0 Å². The van der Waals surface area contributed by atoms with Crippen molar-refractivity contribution in [3.8, 4) is 0 Å². The molecule has 2 atom stereocenters. The summed E-state index contributed by atoms with van der Waals surface area (Å²) in [7, 11) is 1.31. The molecule has 1 aliphatic heterocycles. The summed E-state index contributed by atoms with van der Waals surface area (Å²) in [5.41, 5.74) is 2.08. The highest BCUT2D eigenvalue weighted by molar-refractivity contribution is 6.30. The summed E-state index contributed by atoms with van der Waals surface area (Å²) in [6.07, 6.45) is 1.71. The predicted molar refractivity (Wildman–Crippen MR) is 106 cm³/mol. The molecule has 0 saturated carbocycles. The van der Waals surface area contributed by atoms with Crippen LogP contribution in [0.1, 0.15) is 58.8 Å². The lowest BCUT2D eigenvalue weighted by Crippen LogP contribution is -2.43. The highest BCUT2D eigenvalue weighted by atomic mass is 35.5. The molecule has 0 aliphatic carbocycles. The molecule has 1 aromatic heterocycles. The van der Waals surface area contributed by atoms with Crippen LogP contribution in [0.5, 0.6) is 0 Å². The smallest absolute Gasteiger partial charge is 0.354 e. The van der Waals surface area contributed by atoms with Crippen LogP contribution in [0.25, 0.3) is 0 Å². The van der Waals surface area contributed by atoms with Crippen molar-refractivity contribution in [2.75, 3.05) is 26.8 Å². The van der Waals surface area contributed by atoms with E-state index in [0.717, 1.165) is 12.8 Å². The number of esters is 1. The molecular formula is C20H29ClN2O5. The van der Waals surface area contributed by atoms with Gasteiger partial charge >= 0.3 is 5.97 Å². The van der Waals surface area contributed by atoms with Gasteiger partial charge in [-0.2, -0.15) is 0 Å². The van der Waals surface area contributed by atoms with E-state index < -0.39 is 11.3 Å². The van der Waals surface area contributed by atoms with Crippen LogP contribution in [-0.2, 0) is 20.8 Å². The number of ketones is 1. The van der Waals surface area contributed by atoms with Crippen LogP contribution in [0.2, 0.25) is 0 Å². The van der Waals surface area contributed by atoms with Crippen molar-refractivity contribution in [1.82, 2.24) is 9.47 Å². The molecule has 1 aliphatic rings. The molecule has 2 rings (SSSR count). The van der Waals surface area contributed by atoms with Crippen molar-refractivity contribution < 1.29 is 23.9 Å². The Bertz CT molecular complexity index is 750. The Morgan fingerprint density at radius 1 is 1.36 bits per heavy atom. The maximum absolute atomic E-state index is 13.1. The summed E-state index contributed by atoms with van der Waals surface area (Å²) >= 11 is 6.00. The van der Waals surface area contributed by atoms with Gasteiger partial charge in [-0.25, -0.2) is 4.79 Å². The fraction of sp³-hybridized carbons (Fsp3) is 0.650. The van der Waals surface area contributed by atoms with Crippen LogP contribution in [0, 0.1) is 13.8 Å². The van der Waals surface area contributed by atoms with Crippen molar-refractivity contribution in [2.24, 2.45) is 0 Å². The van der Waals surface area contributed by atoms with Gasteiger partial charge < -0.3 is 18.9 Å². The molecule has 0 aromatic carbocycles. The van der Waals surface area contributed by atoms with Crippen LogP contribution in [-0.4, -0.2) is 65.4 Å². The number of amides is 1. The van der Waals surface area contributed by atoms with E-state index in [0.29, 0.717) is 42.2 Å². The molecule has 1 fully saturated rings. The number of rotatable bonds is 8. The number of nitrogens with zero attached hydrogens (tertiary/aromatic N) is 2. The van der Waals surface area contributed by atoms with E-state index in [2.05, 4.69) is 0 Å². The molecular weight excluding hydrogens is 384 g/mol. The molecule has 8 heteroatoms. The van der Waals surface area contributed by atoms with Gasteiger partial charge in [-0.3, -0.25) is 9.59 Å². The summed E-state index contributed by atoms with van der Waals surface area (Å²) < 4.78 is 12.3. The Morgan fingerprint density at radius 3 is 2.54 bits per heavy atom. The minimum Gasteiger partial charge on any atom is -0.464 e. The normalized spacial score (nSPS) is 17.4. The number of ether oxygens (including phenoxy) is 2. The first-order valence-corrected chi connectivity index (χ1v) is 10.0. The lowest BCUT2D eigenvalue weighted by molar-refractivity contribution is -0.131. The number of Topliss-reactive ketones (excluding diaryl/α,β-unsaturated/α-hetero) is 1. The number of hydrogen-bond acceptors (Lipinski definition) is 5. The van der Waals surface area contributed by atoms with Gasteiger partial charge in [-0.1, -0.05) is 0 Å². The van der Waals surface area contributed by atoms with Gasteiger partial charge in [0.25, 0.3) is 0 Å². The Balaban J connectivity index is 2.33. The summed E-state index contributed by atoms with van der Waals surface area (Å²) in [6.45, 7) is 8.44. The third-order valence-corrected chi connectivity index (χ3v) is 5.36. The first-order chi connectivity index (χ1) is 13.2. The molecule has 1 amide bonds. The van der Waals surface area contributed by atoms with Gasteiger partial charge in [0.05, 0.1) is 19.8 Å². The zero-order chi connectivity index (χ0) is 21.0. The van der Waals surface area contributed by atoms with Gasteiger partial charge in [-0.15, -0.1) is 11.6 Å². The van der Waals surface area contributed by atoms with Crippen molar-refractivity contribution in [2.45, 2.75) is 58.6 Å². The number of methoxy groups -OCH3 is 1. The van der Waals surface area contributed by atoms with E-state index in [4.69, 9.17) is 21.1 Å². The number of alkyl halides is 1. The summed E-state index contributed by atoms with van der Waals surface area (Å²) in [5, 5.41) is -0.734. The molecule has 28 heavy (non-hydrogen) atoms. The number of carbonyl (C=O) groups is 3. The van der Waals surface area contributed by atoms with Crippen LogP contribution in [0.3, 0.4) is 0 Å². The van der Waals surface area contributed by atoms with Gasteiger partial charge in [0.2, 0.25) is 5.91 Å². The lowest BCUT2D eigenvalue weighted by atomic mass is 10.0. The van der Waals surface area contributed by atoms with Crippen LogP contribution in [0.15, 0.2) is 0 Å². The SMILES string of the molecule is CCn1c(C)c(C(=O)CN(C[C@@H]2CCCO2)C(=O)[C@@H](C)Cl)c(C)c1C(=O)OC. The van der Waals surface area contributed by atoms with E-state index in [1.165, 1.54) is 12.0 Å². The molecule has 7 nitrogen and oxygen atoms in total. The quantitative estimate of drug-likeness (QED) is 0.372. The number of hydrogen-bond donors (Lipinski definition) is 0.